The quantitative estimate of drug-likeness (QED) is 0.198. The van der Waals surface area contributed by atoms with Gasteiger partial charge >= 0.3 is 0 Å². The minimum absolute atomic E-state index is 0.0485. The molecule has 0 fully saturated rings. The van der Waals surface area contributed by atoms with Crippen molar-refractivity contribution in [3.05, 3.63) is 90.0 Å². The van der Waals surface area contributed by atoms with Crippen molar-refractivity contribution in [3.63, 3.8) is 0 Å². The van der Waals surface area contributed by atoms with Gasteiger partial charge < -0.3 is 4.40 Å². The van der Waals surface area contributed by atoms with Crippen LogP contribution in [0.2, 0.25) is 0 Å². The second-order valence-electron chi connectivity index (χ2n) is 10.9. The van der Waals surface area contributed by atoms with E-state index in [9.17, 15) is 0 Å². The molecule has 1 nitrogen and oxygen atoms in total. The van der Waals surface area contributed by atoms with Gasteiger partial charge in [0.25, 0.3) is 0 Å². The summed E-state index contributed by atoms with van der Waals surface area (Å²) in [7, 11) is 0. The summed E-state index contributed by atoms with van der Waals surface area (Å²) in [4.78, 5) is 0. The molecule has 1 aliphatic rings. The Morgan fingerprint density at radius 2 is 1.25 bits per heavy atom. The molecular weight excluding hydrogens is 475 g/mol. The number of hydrogen-bond donors (Lipinski definition) is 0. The summed E-state index contributed by atoms with van der Waals surface area (Å²) in [5.74, 6) is 0. The summed E-state index contributed by atoms with van der Waals surface area (Å²) in [5.41, 5.74) is 9.69. The average Bonchev–Trinajstić information content (AvgIpc) is 3.58. The molecular formula is C33H19NS2. The third kappa shape index (κ3) is 1.80. The molecule has 0 spiro atoms. The summed E-state index contributed by atoms with van der Waals surface area (Å²) < 4.78 is 8.17. The van der Waals surface area contributed by atoms with E-state index in [1.807, 2.05) is 22.7 Å². The molecule has 10 rings (SSSR count). The van der Waals surface area contributed by atoms with Crippen LogP contribution in [-0.4, -0.2) is 4.40 Å². The number of thiophene rings is 2. The second kappa shape index (κ2) is 5.67. The predicted molar refractivity (Wildman–Crippen MR) is 158 cm³/mol. The van der Waals surface area contributed by atoms with Crippen molar-refractivity contribution in [1.82, 2.24) is 4.40 Å². The molecule has 5 aromatic carbocycles. The Morgan fingerprint density at radius 1 is 0.556 bits per heavy atom. The van der Waals surface area contributed by atoms with Crippen LogP contribution < -0.4 is 0 Å². The van der Waals surface area contributed by atoms with E-state index in [4.69, 9.17) is 0 Å². The lowest BCUT2D eigenvalue weighted by Gasteiger charge is -2.22. The summed E-state index contributed by atoms with van der Waals surface area (Å²) in [6, 6.07) is 30.1. The van der Waals surface area contributed by atoms with Crippen LogP contribution >= 0.6 is 22.7 Å². The number of fused-ring (bicyclic) bond motifs is 8. The van der Waals surface area contributed by atoms with E-state index in [1.165, 1.54) is 89.9 Å². The van der Waals surface area contributed by atoms with Gasteiger partial charge in [0.05, 0.1) is 16.6 Å². The third-order valence-corrected chi connectivity index (χ3v) is 11.1. The van der Waals surface area contributed by atoms with Gasteiger partial charge in [0, 0.05) is 56.5 Å². The minimum atomic E-state index is -0.0485. The van der Waals surface area contributed by atoms with Gasteiger partial charge in [-0.3, -0.25) is 0 Å². The molecule has 4 aromatic heterocycles. The van der Waals surface area contributed by atoms with Crippen LogP contribution in [0, 0.1) is 0 Å². The Bertz CT molecular complexity index is 2390. The number of rotatable bonds is 0. The largest absolute Gasteiger partial charge is 0.308 e. The predicted octanol–water partition coefficient (Wildman–Crippen LogP) is 10.2. The molecule has 4 heterocycles. The van der Waals surface area contributed by atoms with Crippen LogP contribution in [0.5, 0.6) is 0 Å². The maximum absolute atomic E-state index is 2.60. The molecule has 1 aliphatic carbocycles. The lowest BCUT2D eigenvalue weighted by atomic mass is 9.80. The van der Waals surface area contributed by atoms with Gasteiger partial charge in [-0.05, 0) is 58.7 Å². The van der Waals surface area contributed by atoms with Crippen LogP contribution in [0.3, 0.4) is 0 Å². The fourth-order valence-electron chi connectivity index (χ4n) is 7.54. The van der Waals surface area contributed by atoms with Gasteiger partial charge in [-0.1, -0.05) is 56.3 Å². The molecule has 0 atom stereocenters. The Morgan fingerprint density at radius 3 is 2.11 bits per heavy atom. The van der Waals surface area contributed by atoms with Crippen molar-refractivity contribution < 1.29 is 0 Å². The molecule has 36 heavy (non-hydrogen) atoms. The molecule has 0 amide bonds. The third-order valence-electron chi connectivity index (χ3n) is 8.89. The van der Waals surface area contributed by atoms with Gasteiger partial charge in [-0.25, -0.2) is 0 Å². The molecule has 0 aliphatic heterocycles. The van der Waals surface area contributed by atoms with Crippen molar-refractivity contribution in [2.24, 2.45) is 0 Å². The average molecular weight is 494 g/mol. The maximum atomic E-state index is 2.60. The van der Waals surface area contributed by atoms with Gasteiger partial charge in [0.15, 0.2) is 0 Å². The van der Waals surface area contributed by atoms with Crippen molar-refractivity contribution in [1.29, 1.82) is 0 Å². The first-order valence-electron chi connectivity index (χ1n) is 12.5. The minimum Gasteiger partial charge on any atom is -0.308 e. The number of hydrogen-bond acceptors (Lipinski definition) is 2. The van der Waals surface area contributed by atoms with E-state index < -0.39 is 0 Å². The molecule has 0 bridgehead atoms. The molecule has 168 valence electrons. The van der Waals surface area contributed by atoms with E-state index in [0.717, 1.165) is 0 Å². The van der Waals surface area contributed by atoms with Crippen molar-refractivity contribution in [2.45, 2.75) is 19.3 Å². The molecule has 0 saturated carbocycles. The molecule has 9 aromatic rings. The number of aromatic nitrogens is 1. The second-order valence-corrected chi connectivity index (χ2v) is 13.1. The van der Waals surface area contributed by atoms with Crippen molar-refractivity contribution >= 4 is 90.3 Å². The highest BCUT2D eigenvalue weighted by atomic mass is 32.1. The van der Waals surface area contributed by atoms with Crippen LogP contribution in [0.25, 0.3) is 78.8 Å². The summed E-state index contributed by atoms with van der Waals surface area (Å²) in [6.45, 7) is 4.82. The topological polar surface area (TPSA) is 4.41 Å². The first-order chi connectivity index (χ1) is 17.6. The van der Waals surface area contributed by atoms with E-state index in [-0.39, 0.29) is 5.41 Å². The summed E-state index contributed by atoms with van der Waals surface area (Å²) in [6.07, 6.45) is 0. The van der Waals surface area contributed by atoms with Gasteiger partial charge in [0.2, 0.25) is 0 Å². The fraction of sp³-hybridized carbons (Fsp3) is 0.0909. The highest BCUT2D eigenvalue weighted by Gasteiger charge is 2.38. The van der Waals surface area contributed by atoms with Crippen molar-refractivity contribution in [2.75, 3.05) is 0 Å². The van der Waals surface area contributed by atoms with Crippen LogP contribution in [-0.2, 0) is 5.41 Å². The van der Waals surface area contributed by atoms with E-state index in [2.05, 4.69) is 97.1 Å². The molecule has 3 heteroatoms. The zero-order valence-electron chi connectivity index (χ0n) is 19.8. The lowest BCUT2D eigenvalue weighted by molar-refractivity contribution is 0.666. The maximum Gasteiger partial charge on any atom is 0.0634 e. The van der Waals surface area contributed by atoms with Gasteiger partial charge in [0.1, 0.15) is 0 Å². The SMILES string of the molecule is CC1(C)c2ccccc2-c2ccc3c(c21)c1ccc2sc4ccc5sc6cccc7c6c5c4c2c1n37. The highest BCUT2D eigenvalue weighted by Crippen LogP contribution is 2.55. The Labute approximate surface area is 214 Å². The highest BCUT2D eigenvalue weighted by molar-refractivity contribution is 7.28. The van der Waals surface area contributed by atoms with Crippen LogP contribution in [0.15, 0.2) is 78.9 Å². The Balaban J connectivity index is 1.60. The number of nitrogens with zero attached hydrogens (tertiary/aromatic N) is 1. The number of benzene rings is 5. The van der Waals surface area contributed by atoms with E-state index in [1.54, 1.807) is 0 Å². The van der Waals surface area contributed by atoms with Gasteiger partial charge in [-0.2, -0.15) is 0 Å². The smallest absolute Gasteiger partial charge is 0.0634 e. The van der Waals surface area contributed by atoms with E-state index in [0.29, 0.717) is 0 Å². The Kier molecular flexibility index (Phi) is 2.93. The fourth-order valence-corrected chi connectivity index (χ4v) is 9.79. The summed E-state index contributed by atoms with van der Waals surface area (Å²) >= 11 is 3.87. The molecule has 0 unspecified atom stereocenters. The Hall–Kier alpha value is -3.66. The lowest BCUT2D eigenvalue weighted by Crippen LogP contribution is -2.15. The van der Waals surface area contributed by atoms with Gasteiger partial charge in [-0.15, -0.1) is 22.7 Å². The molecule has 0 N–H and O–H groups in total. The standard InChI is InChI=1S/C33H19NS2/c1-33(2)19-7-4-3-6-16(19)17-10-12-21-26(31(17)33)18-11-13-25-30-29-24(36-25)15-14-23-28(29)27-20(34(21)32(18)30)8-5-9-22(27)35-23/h3-15H,1-2H3. The zero-order valence-corrected chi connectivity index (χ0v) is 21.4. The first-order valence-corrected chi connectivity index (χ1v) is 14.2. The van der Waals surface area contributed by atoms with E-state index >= 15 is 0 Å². The zero-order chi connectivity index (χ0) is 23.5. The normalized spacial score (nSPS) is 15.2. The van der Waals surface area contributed by atoms with Crippen LogP contribution in [0.1, 0.15) is 25.0 Å². The summed E-state index contributed by atoms with van der Waals surface area (Å²) in [5, 5.41) is 8.57. The molecule has 0 radical (unpaired) electrons. The van der Waals surface area contributed by atoms with Crippen molar-refractivity contribution in [3.8, 4) is 11.1 Å². The monoisotopic (exact) mass is 493 g/mol. The first kappa shape index (κ1) is 18.6. The van der Waals surface area contributed by atoms with Crippen LogP contribution in [0.4, 0.5) is 0 Å². The molecule has 0 saturated heterocycles.